The van der Waals surface area contributed by atoms with E-state index in [0.717, 1.165) is 32.0 Å². The van der Waals surface area contributed by atoms with Gasteiger partial charge in [-0.2, -0.15) is 18.4 Å². The van der Waals surface area contributed by atoms with Crippen molar-refractivity contribution in [3.05, 3.63) is 65.0 Å². The van der Waals surface area contributed by atoms with Crippen LogP contribution in [-0.4, -0.2) is 53.2 Å². The van der Waals surface area contributed by atoms with Crippen LogP contribution in [0.4, 0.5) is 28.0 Å². The number of halogens is 4. The summed E-state index contributed by atoms with van der Waals surface area (Å²) >= 11 is 0. The first-order valence-corrected chi connectivity index (χ1v) is 12.5. The van der Waals surface area contributed by atoms with Gasteiger partial charge in [0, 0.05) is 24.8 Å². The van der Waals surface area contributed by atoms with E-state index >= 15 is 0 Å². The Bertz CT molecular complexity index is 1150. The fourth-order valence-corrected chi connectivity index (χ4v) is 5.28. The maximum absolute atomic E-state index is 13.7. The average Bonchev–Trinajstić information content (AvgIpc) is 3.39. The molecule has 1 saturated carbocycles. The van der Waals surface area contributed by atoms with Crippen LogP contribution < -0.4 is 5.32 Å². The van der Waals surface area contributed by atoms with Crippen molar-refractivity contribution in [2.45, 2.75) is 56.3 Å². The zero-order chi connectivity index (χ0) is 26.6. The smallest absolute Gasteiger partial charge is 0.385 e. The van der Waals surface area contributed by atoms with E-state index in [9.17, 15) is 32.7 Å². The molecule has 37 heavy (non-hydrogen) atoms. The fourth-order valence-electron chi connectivity index (χ4n) is 5.28. The Hall–Kier alpha value is -3.16. The topological polar surface area (TPSA) is 79.6 Å². The first-order chi connectivity index (χ1) is 17.6. The third-order valence-corrected chi connectivity index (χ3v) is 7.39. The molecule has 6 nitrogen and oxygen atoms in total. The number of benzene rings is 2. The molecule has 2 aromatic rings. The van der Waals surface area contributed by atoms with Gasteiger partial charge in [0.05, 0.1) is 22.8 Å². The maximum atomic E-state index is 13.7. The predicted molar refractivity (Wildman–Crippen MR) is 130 cm³/mol. The van der Waals surface area contributed by atoms with Crippen LogP contribution in [0, 0.1) is 17.1 Å². The lowest BCUT2D eigenvalue weighted by molar-refractivity contribution is -0.139. The zero-order valence-corrected chi connectivity index (χ0v) is 20.4. The molecule has 1 heterocycles. The minimum absolute atomic E-state index is 0.134. The molecule has 2 N–H and O–H groups in total. The highest BCUT2D eigenvalue weighted by Crippen LogP contribution is 2.39. The molecule has 2 amide bonds. The van der Waals surface area contributed by atoms with E-state index < -0.39 is 29.2 Å². The number of alkyl halides is 3. The Labute approximate surface area is 213 Å². The largest absolute Gasteiger partial charge is 0.419 e. The first kappa shape index (κ1) is 26.9. The van der Waals surface area contributed by atoms with Gasteiger partial charge >= 0.3 is 12.2 Å². The van der Waals surface area contributed by atoms with Crippen LogP contribution in [0.15, 0.2) is 42.5 Å². The summed E-state index contributed by atoms with van der Waals surface area (Å²) in [5.41, 5.74) is -1.58. The van der Waals surface area contributed by atoms with Crippen LogP contribution in [0.25, 0.3) is 0 Å². The Morgan fingerprint density at radius 2 is 1.86 bits per heavy atom. The van der Waals surface area contributed by atoms with Crippen molar-refractivity contribution in [2.75, 3.05) is 31.5 Å². The maximum Gasteiger partial charge on any atom is 0.419 e. The molecule has 2 fully saturated rings. The van der Waals surface area contributed by atoms with E-state index in [-0.39, 0.29) is 11.7 Å². The normalized spacial score (nSPS) is 22.4. The number of rotatable bonds is 6. The minimum atomic E-state index is -4.88. The molecule has 0 aromatic heterocycles. The highest BCUT2D eigenvalue weighted by atomic mass is 19.4. The second-order valence-electron chi connectivity index (χ2n) is 9.82. The van der Waals surface area contributed by atoms with Gasteiger partial charge < -0.3 is 20.2 Å². The van der Waals surface area contributed by atoms with Crippen LogP contribution >= 0.6 is 0 Å². The van der Waals surface area contributed by atoms with Crippen molar-refractivity contribution in [2.24, 2.45) is 0 Å². The summed E-state index contributed by atoms with van der Waals surface area (Å²) in [6.07, 6.45) is -1.00. The van der Waals surface area contributed by atoms with Crippen molar-refractivity contribution < 1.29 is 27.5 Å². The second-order valence-corrected chi connectivity index (χ2v) is 9.82. The van der Waals surface area contributed by atoms with Crippen molar-refractivity contribution in [1.29, 1.82) is 5.26 Å². The van der Waals surface area contributed by atoms with Gasteiger partial charge in [-0.3, -0.25) is 0 Å². The van der Waals surface area contributed by atoms with Gasteiger partial charge in [0.1, 0.15) is 5.82 Å². The number of aliphatic hydroxyl groups is 1. The third kappa shape index (κ3) is 6.40. The third-order valence-electron chi connectivity index (χ3n) is 7.39. The van der Waals surface area contributed by atoms with Gasteiger partial charge in [0.2, 0.25) is 0 Å². The molecule has 198 valence electrons. The molecule has 2 aromatic carbocycles. The van der Waals surface area contributed by atoms with Crippen LogP contribution in [0.1, 0.15) is 55.2 Å². The molecule has 1 saturated heterocycles. The van der Waals surface area contributed by atoms with Crippen LogP contribution in [0.3, 0.4) is 0 Å². The Balaban J connectivity index is 1.49. The number of amides is 2. The zero-order valence-electron chi connectivity index (χ0n) is 20.4. The Morgan fingerprint density at radius 1 is 1.16 bits per heavy atom. The van der Waals surface area contributed by atoms with E-state index in [2.05, 4.69) is 16.3 Å². The summed E-state index contributed by atoms with van der Waals surface area (Å²) in [6.45, 7) is 2.88. The SMILES string of the molecule is N#Cc1cccc([C@]2(O)CC[C@@H](N(CCN3CCCC3)C(=O)Nc3ccc(F)c(C(F)(F)F)c3)CC2)c1. The minimum Gasteiger partial charge on any atom is -0.385 e. The number of likely N-dealkylation sites (tertiary alicyclic amines) is 1. The molecule has 4 rings (SSSR count). The van der Waals surface area contributed by atoms with Crippen LogP contribution in [0.2, 0.25) is 0 Å². The van der Waals surface area contributed by atoms with E-state index in [1.54, 1.807) is 29.2 Å². The van der Waals surface area contributed by atoms with Crippen molar-refractivity contribution >= 4 is 11.7 Å². The molecule has 1 aliphatic carbocycles. The summed E-state index contributed by atoms with van der Waals surface area (Å²) in [7, 11) is 0. The summed E-state index contributed by atoms with van der Waals surface area (Å²) in [5, 5.41) is 23.0. The number of nitriles is 1. The quantitative estimate of drug-likeness (QED) is 0.497. The van der Waals surface area contributed by atoms with Gasteiger partial charge in [-0.05, 0) is 87.5 Å². The van der Waals surface area contributed by atoms with Crippen molar-refractivity contribution in [1.82, 2.24) is 9.80 Å². The summed E-state index contributed by atoms with van der Waals surface area (Å²) < 4.78 is 53.2. The summed E-state index contributed by atoms with van der Waals surface area (Å²) in [4.78, 5) is 17.2. The lowest BCUT2D eigenvalue weighted by atomic mass is 9.77. The van der Waals surface area contributed by atoms with E-state index in [1.165, 1.54) is 0 Å². The number of nitrogens with one attached hydrogen (secondary N) is 1. The van der Waals surface area contributed by atoms with E-state index in [1.807, 2.05) is 0 Å². The monoisotopic (exact) mass is 518 g/mol. The number of hydrogen-bond donors (Lipinski definition) is 2. The van der Waals surface area contributed by atoms with Crippen LogP contribution in [-0.2, 0) is 11.8 Å². The molecule has 2 aliphatic rings. The summed E-state index contributed by atoms with van der Waals surface area (Å²) in [5.74, 6) is -1.40. The molecule has 0 spiro atoms. The number of carbonyl (C=O) groups is 1. The summed E-state index contributed by atoms with van der Waals surface area (Å²) in [6, 6.07) is 10.6. The molecule has 0 atom stereocenters. The molecule has 1 aliphatic heterocycles. The van der Waals surface area contributed by atoms with E-state index in [0.29, 0.717) is 62.0 Å². The lowest BCUT2D eigenvalue weighted by Crippen LogP contribution is -2.49. The average molecular weight is 519 g/mol. The first-order valence-electron chi connectivity index (χ1n) is 12.5. The van der Waals surface area contributed by atoms with E-state index in [4.69, 9.17) is 0 Å². The predicted octanol–water partition coefficient (Wildman–Crippen LogP) is 5.48. The standard InChI is InChI=1S/C27H30F4N4O2/c28-24-7-6-21(17-23(24)27(29,30)31)33-25(36)35(15-14-34-12-1-2-13-34)22-8-10-26(37,11-9-22)20-5-3-4-19(16-20)18-32/h3-7,16-17,22,37H,1-2,8-15H2,(H,33,36)/t22-,26+. The van der Waals surface area contributed by atoms with Gasteiger partial charge in [-0.15, -0.1) is 0 Å². The van der Waals surface area contributed by atoms with Crippen molar-refractivity contribution in [3.63, 3.8) is 0 Å². The highest BCUT2D eigenvalue weighted by Gasteiger charge is 2.39. The fraction of sp³-hybridized carbons (Fsp3) is 0.481. The van der Waals surface area contributed by atoms with Crippen LogP contribution in [0.5, 0.6) is 0 Å². The molecule has 10 heteroatoms. The van der Waals surface area contributed by atoms with Gasteiger partial charge in [-0.25, -0.2) is 9.18 Å². The number of anilines is 1. The Morgan fingerprint density at radius 3 is 2.51 bits per heavy atom. The molecular weight excluding hydrogens is 488 g/mol. The number of nitrogens with zero attached hydrogens (tertiary/aromatic N) is 3. The highest BCUT2D eigenvalue weighted by molar-refractivity contribution is 5.89. The Kier molecular flexibility index (Phi) is 8.05. The second kappa shape index (κ2) is 11.1. The lowest BCUT2D eigenvalue weighted by Gasteiger charge is -2.41. The molecular formula is C27H30F4N4O2. The van der Waals surface area contributed by atoms with Gasteiger partial charge in [0.25, 0.3) is 0 Å². The van der Waals surface area contributed by atoms with Gasteiger partial charge in [-0.1, -0.05) is 12.1 Å². The number of carbonyl (C=O) groups excluding carboxylic acids is 1. The number of hydrogen-bond acceptors (Lipinski definition) is 4. The molecule has 0 unspecified atom stereocenters. The molecule has 0 radical (unpaired) electrons. The van der Waals surface area contributed by atoms with Crippen molar-refractivity contribution in [3.8, 4) is 6.07 Å². The molecule has 0 bridgehead atoms. The number of urea groups is 1. The van der Waals surface area contributed by atoms with Gasteiger partial charge in [0.15, 0.2) is 0 Å².